The van der Waals surface area contributed by atoms with Crippen molar-refractivity contribution >= 4 is 33.3 Å². The van der Waals surface area contributed by atoms with Crippen LogP contribution in [0.3, 0.4) is 0 Å². The number of benzene rings is 2. The van der Waals surface area contributed by atoms with Crippen molar-refractivity contribution in [3.8, 4) is 17.2 Å². The Bertz CT molecular complexity index is 1500. The van der Waals surface area contributed by atoms with Crippen LogP contribution in [0.15, 0.2) is 39.5 Å². The van der Waals surface area contributed by atoms with E-state index in [4.69, 9.17) is 18.6 Å². The van der Waals surface area contributed by atoms with Gasteiger partial charge in [0.25, 0.3) is 5.91 Å². The molecule has 5 rings (SSSR count). The van der Waals surface area contributed by atoms with Crippen LogP contribution in [0.1, 0.15) is 45.2 Å². The molecule has 2 aromatic heterocycles. The van der Waals surface area contributed by atoms with Gasteiger partial charge in [-0.05, 0) is 43.2 Å². The van der Waals surface area contributed by atoms with Gasteiger partial charge in [-0.15, -0.1) is 10.2 Å². The predicted octanol–water partition coefficient (Wildman–Crippen LogP) is 4.29. The van der Waals surface area contributed by atoms with E-state index in [0.29, 0.717) is 45.3 Å². The summed E-state index contributed by atoms with van der Waals surface area (Å²) in [4.78, 5) is 29.0. The van der Waals surface area contributed by atoms with Crippen LogP contribution in [0.5, 0.6) is 17.2 Å². The van der Waals surface area contributed by atoms with E-state index in [1.165, 1.54) is 37.6 Å². The number of rotatable bonds is 6. The zero-order valence-electron chi connectivity index (χ0n) is 19.9. The SMILES string of the molecule is CCc1nnc(N2C(=O)c3oc4ccc(C)cc4c(=O)c3C2c2cc(OC)c(OC)c(OC)c2)s1. The van der Waals surface area contributed by atoms with Crippen molar-refractivity contribution in [2.75, 3.05) is 26.2 Å². The summed E-state index contributed by atoms with van der Waals surface area (Å²) >= 11 is 1.30. The number of carbonyl (C=O) groups excluding carboxylic acids is 1. The van der Waals surface area contributed by atoms with E-state index in [0.717, 1.165) is 10.6 Å². The Kier molecular flexibility index (Phi) is 5.68. The van der Waals surface area contributed by atoms with Gasteiger partial charge >= 0.3 is 0 Å². The van der Waals surface area contributed by atoms with E-state index >= 15 is 0 Å². The quantitative estimate of drug-likeness (QED) is 0.392. The van der Waals surface area contributed by atoms with E-state index < -0.39 is 11.9 Å². The van der Waals surface area contributed by atoms with Crippen molar-refractivity contribution < 1.29 is 23.4 Å². The fraction of sp³-hybridized carbons (Fsp3) is 0.280. The maximum absolute atomic E-state index is 13.8. The van der Waals surface area contributed by atoms with E-state index in [-0.39, 0.29) is 16.8 Å². The van der Waals surface area contributed by atoms with Gasteiger partial charge in [-0.3, -0.25) is 14.5 Å². The van der Waals surface area contributed by atoms with Gasteiger partial charge < -0.3 is 18.6 Å². The lowest BCUT2D eigenvalue weighted by Crippen LogP contribution is -2.29. The predicted molar refractivity (Wildman–Crippen MR) is 131 cm³/mol. The van der Waals surface area contributed by atoms with Gasteiger partial charge in [0, 0.05) is 0 Å². The Balaban J connectivity index is 1.83. The van der Waals surface area contributed by atoms with Crippen LogP contribution in [0, 0.1) is 6.92 Å². The van der Waals surface area contributed by atoms with Crippen molar-refractivity contribution in [3.05, 3.63) is 68.0 Å². The second kappa shape index (κ2) is 8.70. The van der Waals surface area contributed by atoms with E-state index in [1.54, 1.807) is 24.3 Å². The number of nitrogens with zero attached hydrogens (tertiary/aromatic N) is 3. The molecule has 0 radical (unpaired) electrons. The molecule has 3 heterocycles. The molecule has 1 amide bonds. The highest BCUT2D eigenvalue weighted by atomic mass is 32.1. The number of amides is 1. The Labute approximate surface area is 204 Å². The van der Waals surface area contributed by atoms with E-state index in [1.807, 2.05) is 19.9 Å². The Morgan fingerprint density at radius 1 is 1.03 bits per heavy atom. The highest BCUT2D eigenvalue weighted by Gasteiger charge is 2.45. The van der Waals surface area contributed by atoms with Gasteiger partial charge in [0.15, 0.2) is 16.9 Å². The van der Waals surface area contributed by atoms with Gasteiger partial charge in [-0.1, -0.05) is 29.9 Å². The number of anilines is 1. The van der Waals surface area contributed by atoms with Gasteiger partial charge in [0.2, 0.25) is 16.6 Å². The first-order valence-corrected chi connectivity index (χ1v) is 11.8. The topological polar surface area (TPSA) is 104 Å². The minimum absolute atomic E-state index is 0.0154. The van der Waals surface area contributed by atoms with Crippen LogP contribution in [-0.4, -0.2) is 37.4 Å². The Morgan fingerprint density at radius 2 is 1.74 bits per heavy atom. The van der Waals surface area contributed by atoms with E-state index in [9.17, 15) is 9.59 Å². The molecule has 0 bridgehead atoms. The summed E-state index contributed by atoms with van der Waals surface area (Å²) in [7, 11) is 4.53. The van der Waals surface area contributed by atoms with Crippen molar-refractivity contribution in [3.63, 3.8) is 0 Å². The van der Waals surface area contributed by atoms with Crippen LogP contribution in [-0.2, 0) is 6.42 Å². The zero-order valence-corrected chi connectivity index (χ0v) is 20.7. The molecule has 0 spiro atoms. The molecular weight excluding hydrogens is 470 g/mol. The molecule has 180 valence electrons. The zero-order chi connectivity index (χ0) is 24.9. The molecule has 0 fully saturated rings. The van der Waals surface area contributed by atoms with Gasteiger partial charge in [-0.25, -0.2) is 0 Å². The molecular formula is C25H23N3O6S. The third-order valence-corrected chi connectivity index (χ3v) is 7.06. The average molecular weight is 494 g/mol. The van der Waals surface area contributed by atoms with Crippen molar-refractivity contribution in [2.24, 2.45) is 0 Å². The summed E-state index contributed by atoms with van der Waals surface area (Å²) in [6.45, 7) is 3.86. The first-order chi connectivity index (χ1) is 16.9. The molecule has 0 saturated carbocycles. The monoisotopic (exact) mass is 493 g/mol. The molecule has 0 N–H and O–H groups in total. The largest absolute Gasteiger partial charge is 0.493 e. The molecule has 10 heteroatoms. The van der Waals surface area contributed by atoms with Crippen LogP contribution in [0.25, 0.3) is 11.0 Å². The number of aromatic nitrogens is 2. The number of ether oxygens (including phenoxy) is 3. The van der Waals surface area contributed by atoms with Gasteiger partial charge in [-0.2, -0.15) is 0 Å². The number of hydrogen-bond donors (Lipinski definition) is 0. The second-order valence-electron chi connectivity index (χ2n) is 8.04. The maximum atomic E-state index is 13.8. The maximum Gasteiger partial charge on any atom is 0.297 e. The Hall–Kier alpha value is -3.92. The molecule has 1 unspecified atom stereocenters. The minimum atomic E-state index is -0.829. The lowest BCUT2D eigenvalue weighted by atomic mass is 9.97. The fourth-order valence-corrected chi connectivity index (χ4v) is 5.15. The number of fused-ring (bicyclic) bond motifs is 2. The van der Waals surface area contributed by atoms with Crippen molar-refractivity contribution in [1.82, 2.24) is 10.2 Å². The summed E-state index contributed by atoms with van der Waals surface area (Å²) in [6.07, 6.45) is 0.668. The summed E-state index contributed by atoms with van der Waals surface area (Å²) in [6, 6.07) is 7.93. The molecule has 1 aliphatic rings. The van der Waals surface area contributed by atoms with Crippen LogP contribution in [0.4, 0.5) is 5.13 Å². The summed E-state index contributed by atoms with van der Waals surface area (Å²) in [5.74, 6) is 0.723. The number of hydrogen-bond acceptors (Lipinski definition) is 9. The molecule has 2 aromatic carbocycles. The first kappa shape index (κ1) is 22.9. The number of methoxy groups -OCH3 is 3. The Morgan fingerprint density at radius 3 is 2.34 bits per heavy atom. The summed E-state index contributed by atoms with van der Waals surface area (Å²) in [5, 5.41) is 9.99. The molecule has 0 aliphatic carbocycles. The molecule has 9 nitrogen and oxygen atoms in total. The van der Waals surface area contributed by atoms with E-state index in [2.05, 4.69) is 10.2 Å². The number of aryl methyl sites for hydroxylation is 2. The first-order valence-electron chi connectivity index (χ1n) is 10.9. The number of carbonyl (C=O) groups is 1. The smallest absolute Gasteiger partial charge is 0.297 e. The third-order valence-electron chi connectivity index (χ3n) is 5.99. The van der Waals surface area contributed by atoms with Crippen LogP contribution < -0.4 is 24.5 Å². The molecule has 0 saturated heterocycles. The van der Waals surface area contributed by atoms with Crippen molar-refractivity contribution in [1.29, 1.82) is 0 Å². The second-order valence-corrected chi connectivity index (χ2v) is 9.08. The minimum Gasteiger partial charge on any atom is -0.493 e. The lowest BCUT2D eigenvalue weighted by molar-refractivity contribution is 0.0970. The van der Waals surface area contributed by atoms with Gasteiger partial charge in [0.1, 0.15) is 10.6 Å². The van der Waals surface area contributed by atoms with Crippen LogP contribution in [0.2, 0.25) is 0 Å². The molecule has 4 aromatic rings. The average Bonchev–Trinajstić information content (AvgIpc) is 3.46. The fourth-order valence-electron chi connectivity index (χ4n) is 4.34. The third kappa shape index (κ3) is 3.52. The van der Waals surface area contributed by atoms with Crippen molar-refractivity contribution in [2.45, 2.75) is 26.3 Å². The molecule has 1 atom stereocenters. The van der Waals surface area contributed by atoms with Crippen LogP contribution >= 0.6 is 11.3 Å². The standard InChI is InChI=1S/C25H23N3O6S/c1-6-18-26-27-25(35-18)28-20(13-10-16(31-3)22(33-5)17(11-13)32-4)19-21(29)14-9-12(2)7-8-15(14)34-23(19)24(28)30/h7-11,20H,6H2,1-5H3. The molecule has 1 aliphatic heterocycles. The summed E-state index contributed by atoms with van der Waals surface area (Å²) in [5.41, 5.74) is 1.80. The summed E-state index contributed by atoms with van der Waals surface area (Å²) < 4.78 is 22.6. The lowest BCUT2D eigenvalue weighted by Gasteiger charge is -2.24. The normalized spacial score (nSPS) is 14.9. The highest BCUT2D eigenvalue weighted by molar-refractivity contribution is 7.15. The molecule has 35 heavy (non-hydrogen) atoms. The highest BCUT2D eigenvalue weighted by Crippen LogP contribution is 2.46. The van der Waals surface area contributed by atoms with Gasteiger partial charge in [0.05, 0.1) is 38.3 Å².